The second-order valence-electron chi connectivity index (χ2n) is 4.36. The van der Waals surface area contributed by atoms with E-state index in [0.29, 0.717) is 0 Å². The molecule has 0 saturated carbocycles. The van der Waals surface area contributed by atoms with Crippen LogP contribution in [-0.2, 0) is 0 Å². The first kappa shape index (κ1) is 14.2. The fourth-order valence-corrected chi connectivity index (χ4v) is 4.23. The molecule has 0 radical (unpaired) electrons. The lowest BCUT2D eigenvalue weighted by molar-refractivity contribution is 1.09. The van der Waals surface area contributed by atoms with E-state index >= 15 is 0 Å². The van der Waals surface area contributed by atoms with Gasteiger partial charge in [0.25, 0.3) is 0 Å². The molecule has 17 heavy (non-hydrogen) atoms. The van der Waals surface area contributed by atoms with Crippen molar-refractivity contribution in [3.8, 4) is 0 Å². The van der Waals surface area contributed by atoms with Crippen LogP contribution in [-0.4, -0.2) is 6.66 Å². The minimum Gasteiger partial charge on any atom is -0.0870 e. The van der Waals surface area contributed by atoms with Gasteiger partial charge in [0.1, 0.15) is 0 Å². The van der Waals surface area contributed by atoms with Gasteiger partial charge in [0, 0.05) is 0 Å². The Balaban J connectivity index is 3.18. The van der Waals surface area contributed by atoms with Crippen LogP contribution in [0, 0.1) is 6.92 Å². The second kappa shape index (κ2) is 6.77. The molecule has 1 unspecified atom stereocenters. The van der Waals surface area contributed by atoms with Crippen molar-refractivity contribution in [2.45, 2.75) is 34.1 Å². The number of rotatable bonds is 4. The van der Waals surface area contributed by atoms with E-state index in [1.54, 1.807) is 0 Å². The molecule has 0 aliphatic rings. The molecule has 0 fully saturated rings. The van der Waals surface area contributed by atoms with Gasteiger partial charge in [-0.1, -0.05) is 48.9 Å². The Morgan fingerprint density at radius 3 is 2.47 bits per heavy atom. The summed E-state index contributed by atoms with van der Waals surface area (Å²) in [6.07, 6.45) is 5.58. The Labute approximate surface area is 107 Å². The summed E-state index contributed by atoms with van der Waals surface area (Å²) < 4.78 is 0. The first-order chi connectivity index (χ1) is 8.11. The van der Waals surface area contributed by atoms with Crippen molar-refractivity contribution in [2.75, 3.05) is 6.66 Å². The van der Waals surface area contributed by atoms with E-state index in [9.17, 15) is 0 Å². The molecule has 0 aliphatic carbocycles. The average molecular weight is 246 g/mol. The minimum absolute atomic E-state index is 0.218. The maximum Gasteiger partial charge on any atom is -0.0169 e. The number of hydrogen-bond acceptors (Lipinski definition) is 0. The Kier molecular flexibility index (Phi) is 5.65. The first-order valence-electron chi connectivity index (χ1n) is 6.23. The van der Waals surface area contributed by atoms with Gasteiger partial charge in [-0.25, -0.2) is 0 Å². The fraction of sp³-hybridized carbons (Fsp3) is 0.375. The van der Waals surface area contributed by atoms with Gasteiger partial charge in [-0.05, 0) is 58.0 Å². The SMILES string of the molecule is C/C=C\C(=C(\C)CC)P(C)c1ccccc1C. The van der Waals surface area contributed by atoms with Crippen molar-refractivity contribution >= 4 is 13.2 Å². The van der Waals surface area contributed by atoms with Gasteiger partial charge < -0.3 is 0 Å². The molecule has 0 saturated heterocycles. The van der Waals surface area contributed by atoms with E-state index < -0.39 is 0 Å². The normalized spacial score (nSPS) is 14.9. The quantitative estimate of drug-likeness (QED) is 0.518. The molecule has 1 heteroatoms. The third kappa shape index (κ3) is 3.54. The van der Waals surface area contributed by atoms with Crippen LogP contribution in [0.2, 0.25) is 0 Å². The van der Waals surface area contributed by atoms with Crippen molar-refractivity contribution in [1.82, 2.24) is 0 Å². The molecular weight excluding hydrogens is 223 g/mol. The fourth-order valence-electron chi connectivity index (χ4n) is 1.95. The van der Waals surface area contributed by atoms with Crippen molar-refractivity contribution in [1.29, 1.82) is 0 Å². The van der Waals surface area contributed by atoms with E-state index in [-0.39, 0.29) is 7.92 Å². The van der Waals surface area contributed by atoms with Crippen LogP contribution in [0.4, 0.5) is 0 Å². The van der Waals surface area contributed by atoms with E-state index in [2.05, 4.69) is 70.8 Å². The van der Waals surface area contributed by atoms with E-state index in [1.165, 1.54) is 21.8 Å². The van der Waals surface area contributed by atoms with Crippen molar-refractivity contribution in [3.05, 3.63) is 52.9 Å². The summed E-state index contributed by atoms with van der Waals surface area (Å²) in [7, 11) is -0.218. The smallest absolute Gasteiger partial charge is 0.0169 e. The van der Waals surface area contributed by atoms with Crippen LogP contribution in [0.1, 0.15) is 32.8 Å². The van der Waals surface area contributed by atoms with E-state index in [4.69, 9.17) is 0 Å². The Morgan fingerprint density at radius 1 is 1.29 bits per heavy atom. The number of allylic oxidation sites excluding steroid dienone is 4. The van der Waals surface area contributed by atoms with Gasteiger partial charge in [-0.15, -0.1) is 0 Å². The largest absolute Gasteiger partial charge is 0.0870 e. The molecule has 0 aliphatic heterocycles. The third-order valence-electron chi connectivity index (χ3n) is 3.13. The summed E-state index contributed by atoms with van der Waals surface area (Å²) in [5, 5.41) is 3.03. The van der Waals surface area contributed by atoms with Crippen molar-refractivity contribution in [3.63, 3.8) is 0 Å². The Hall–Kier alpha value is -0.870. The monoisotopic (exact) mass is 246 g/mol. The predicted molar refractivity (Wildman–Crippen MR) is 81.5 cm³/mol. The topological polar surface area (TPSA) is 0 Å². The molecule has 1 atom stereocenters. The van der Waals surface area contributed by atoms with E-state index in [0.717, 1.165) is 6.42 Å². The maximum absolute atomic E-state index is 2.37. The van der Waals surface area contributed by atoms with Crippen LogP contribution in [0.3, 0.4) is 0 Å². The minimum atomic E-state index is -0.218. The van der Waals surface area contributed by atoms with Gasteiger partial charge in [0.2, 0.25) is 0 Å². The molecule has 0 nitrogen and oxygen atoms in total. The molecular formula is C16H23P. The number of benzene rings is 1. The molecule has 0 N–H and O–H groups in total. The van der Waals surface area contributed by atoms with Gasteiger partial charge >= 0.3 is 0 Å². The summed E-state index contributed by atoms with van der Waals surface area (Å²) in [4.78, 5) is 0. The zero-order chi connectivity index (χ0) is 12.8. The number of hydrogen-bond donors (Lipinski definition) is 0. The lowest BCUT2D eigenvalue weighted by atomic mass is 10.2. The molecule has 1 aromatic carbocycles. The highest BCUT2D eigenvalue weighted by Gasteiger charge is 2.12. The third-order valence-corrected chi connectivity index (χ3v) is 5.61. The summed E-state index contributed by atoms with van der Waals surface area (Å²) >= 11 is 0. The van der Waals surface area contributed by atoms with Gasteiger partial charge in [-0.3, -0.25) is 0 Å². The average Bonchev–Trinajstić information content (AvgIpc) is 2.35. The first-order valence-corrected chi connectivity index (χ1v) is 8.02. The molecule has 0 amide bonds. The van der Waals surface area contributed by atoms with Gasteiger partial charge in [-0.2, -0.15) is 0 Å². The highest BCUT2D eigenvalue weighted by molar-refractivity contribution is 7.69. The number of aryl methyl sites for hydroxylation is 1. The van der Waals surface area contributed by atoms with Crippen LogP contribution >= 0.6 is 7.92 Å². The van der Waals surface area contributed by atoms with Crippen molar-refractivity contribution < 1.29 is 0 Å². The predicted octanol–water partition coefficient (Wildman–Crippen LogP) is 4.99. The highest BCUT2D eigenvalue weighted by Crippen LogP contribution is 2.43. The van der Waals surface area contributed by atoms with Crippen LogP contribution in [0.25, 0.3) is 0 Å². The van der Waals surface area contributed by atoms with Gasteiger partial charge in [0.05, 0.1) is 0 Å². The lowest BCUT2D eigenvalue weighted by Gasteiger charge is -2.19. The summed E-state index contributed by atoms with van der Waals surface area (Å²) in [5.74, 6) is 0. The Bertz CT molecular complexity index is 427. The van der Waals surface area contributed by atoms with E-state index in [1.807, 2.05) is 0 Å². The maximum atomic E-state index is 2.37. The lowest BCUT2D eigenvalue weighted by Crippen LogP contribution is -2.05. The standard InChI is InChI=1S/C16H23P/c1-6-10-15(13(3)7-2)17(5)16-12-9-8-11-14(16)4/h6,8-12H,7H2,1-5H3/b10-6-,15-13+. The molecule has 1 aromatic rings. The second-order valence-corrected chi connectivity index (χ2v) is 6.45. The van der Waals surface area contributed by atoms with Crippen LogP contribution < -0.4 is 5.30 Å². The highest BCUT2D eigenvalue weighted by atomic mass is 31.1. The molecule has 0 aromatic heterocycles. The molecule has 0 bridgehead atoms. The molecule has 0 spiro atoms. The zero-order valence-electron chi connectivity index (χ0n) is 11.6. The Morgan fingerprint density at radius 2 is 1.94 bits per heavy atom. The molecule has 0 heterocycles. The van der Waals surface area contributed by atoms with Crippen molar-refractivity contribution in [2.24, 2.45) is 0 Å². The summed E-state index contributed by atoms with van der Waals surface area (Å²) in [6.45, 7) is 11.2. The van der Waals surface area contributed by atoms with Gasteiger partial charge in [0.15, 0.2) is 0 Å². The van der Waals surface area contributed by atoms with Crippen LogP contribution in [0.15, 0.2) is 47.3 Å². The molecule has 92 valence electrons. The molecule has 1 rings (SSSR count). The summed E-state index contributed by atoms with van der Waals surface area (Å²) in [5.41, 5.74) is 2.92. The summed E-state index contributed by atoms with van der Waals surface area (Å²) in [6, 6.07) is 8.75. The van der Waals surface area contributed by atoms with Crippen LogP contribution in [0.5, 0.6) is 0 Å². The zero-order valence-corrected chi connectivity index (χ0v) is 12.5.